The van der Waals surface area contributed by atoms with Gasteiger partial charge in [-0.2, -0.15) is 5.26 Å². The average molecular weight is 415 g/mol. The van der Waals surface area contributed by atoms with Crippen LogP contribution in [0.2, 0.25) is 5.02 Å². The van der Waals surface area contributed by atoms with Gasteiger partial charge in [-0.15, -0.1) is 10.2 Å². The number of benzene rings is 2. The SMILES string of the molecule is COc1ccc(OCc2nnc(SC(C)C#N)n2-c2ccc(C)c(Cl)c2)cc1. The van der Waals surface area contributed by atoms with Gasteiger partial charge in [0.1, 0.15) is 18.1 Å². The molecule has 1 aromatic heterocycles. The van der Waals surface area contributed by atoms with E-state index < -0.39 is 0 Å². The molecule has 1 heterocycles. The Labute approximate surface area is 173 Å². The Bertz CT molecular complexity index is 998. The number of ether oxygens (including phenoxy) is 2. The number of nitriles is 1. The van der Waals surface area contributed by atoms with Crippen molar-refractivity contribution in [2.45, 2.75) is 30.9 Å². The van der Waals surface area contributed by atoms with Crippen LogP contribution in [0.1, 0.15) is 18.3 Å². The molecular weight excluding hydrogens is 396 g/mol. The lowest BCUT2D eigenvalue weighted by Crippen LogP contribution is -2.07. The van der Waals surface area contributed by atoms with Crippen molar-refractivity contribution in [3.8, 4) is 23.3 Å². The first-order valence-electron chi connectivity index (χ1n) is 8.55. The summed E-state index contributed by atoms with van der Waals surface area (Å²) in [6, 6.07) is 15.3. The minimum atomic E-state index is -0.265. The summed E-state index contributed by atoms with van der Waals surface area (Å²) in [7, 11) is 1.62. The number of hydrogen-bond donors (Lipinski definition) is 0. The Morgan fingerprint density at radius 2 is 1.89 bits per heavy atom. The van der Waals surface area contributed by atoms with Crippen LogP contribution in [-0.4, -0.2) is 27.1 Å². The van der Waals surface area contributed by atoms with Crippen molar-refractivity contribution >= 4 is 23.4 Å². The molecule has 0 fully saturated rings. The van der Waals surface area contributed by atoms with Crippen LogP contribution in [-0.2, 0) is 6.61 Å². The van der Waals surface area contributed by atoms with E-state index in [4.69, 9.17) is 26.3 Å². The van der Waals surface area contributed by atoms with Gasteiger partial charge in [0, 0.05) is 5.02 Å². The van der Waals surface area contributed by atoms with Crippen LogP contribution in [0.5, 0.6) is 11.5 Å². The summed E-state index contributed by atoms with van der Waals surface area (Å²) in [4.78, 5) is 0. The van der Waals surface area contributed by atoms with E-state index in [2.05, 4.69) is 16.3 Å². The van der Waals surface area contributed by atoms with Gasteiger partial charge in [0.2, 0.25) is 0 Å². The normalized spacial score (nSPS) is 11.7. The maximum Gasteiger partial charge on any atom is 0.197 e. The second-order valence-corrected chi connectivity index (χ2v) is 7.74. The first-order chi connectivity index (χ1) is 13.5. The Kier molecular flexibility index (Phi) is 6.45. The van der Waals surface area contributed by atoms with Crippen LogP contribution >= 0.6 is 23.4 Å². The minimum Gasteiger partial charge on any atom is -0.497 e. The number of methoxy groups -OCH3 is 1. The van der Waals surface area contributed by atoms with Gasteiger partial charge in [0.15, 0.2) is 11.0 Å². The standard InChI is InChI=1S/C20H19ClN4O2S/c1-13-4-5-15(10-18(13)21)25-19(23-24-20(25)28-14(2)11-22)12-27-17-8-6-16(26-3)7-9-17/h4-10,14H,12H2,1-3H3. The highest BCUT2D eigenvalue weighted by molar-refractivity contribution is 8.00. The van der Waals surface area contributed by atoms with Gasteiger partial charge in [-0.25, -0.2) is 0 Å². The third kappa shape index (κ3) is 4.58. The fourth-order valence-corrected chi connectivity index (χ4v) is 3.40. The van der Waals surface area contributed by atoms with Crippen LogP contribution in [0, 0.1) is 18.3 Å². The summed E-state index contributed by atoms with van der Waals surface area (Å²) < 4.78 is 12.9. The molecule has 0 aliphatic heterocycles. The van der Waals surface area contributed by atoms with Crippen molar-refractivity contribution in [2.24, 2.45) is 0 Å². The summed E-state index contributed by atoms with van der Waals surface area (Å²) in [5.74, 6) is 2.06. The van der Waals surface area contributed by atoms with Crippen molar-refractivity contribution in [3.05, 3.63) is 58.9 Å². The summed E-state index contributed by atoms with van der Waals surface area (Å²) in [6.07, 6.45) is 0. The largest absolute Gasteiger partial charge is 0.497 e. The molecule has 6 nitrogen and oxygen atoms in total. The summed E-state index contributed by atoms with van der Waals surface area (Å²) in [5, 5.41) is 18.7. The molecule has 0 spiro atoms. The Morgan fingerprint density at radius 3 is 2.54 bits per heavy atom. The summed E-state index contributed by atoms with van der Waals surface area (Å²) >= 11 is 7.65. The number of aryl methyl sites for hydroxylation is 1. The monoisotopic (exact) mass is 414 g/mol. The number of hydrogen-bond acceptors (Lipinski definition) is 6. The topological polar surface area (TPSA) is 73.0 Å². The van der Waals surface area contributed by atoms with E-state index in [9.17, 15) is 0 Å². The molecule has 0 aliphatic rings. The van der Waals surface area contributed by atoms with E-state index in [1.807, 2.05) is 60.9 Å². The van der Waals surface area contributed by atoms with Gasteiger partial charge in [-0.05, 0) is 55.8 Å². The van der Waals surface area contributed by atoms with Crippen LogP contribution in [0.25, 0.3) is 5.69 Å². The van der Waals surface area contributed by atoms with Gasteiger partial charge < -0.3 is 9.47 Å². The van der Waals surface area contributed by atoms with Gasteiger partial charge >= 0.3 is 0 Å². The minimum absolute atomic E-state index is 0.215. The molecule has 0 aliphatic carbocycles. The first-order valence-corrected chi connectivity index (χ1v) is 9.81. The molecule has 0 saturated carbocycles. The van der Waals surface area contributed by atoms with Crippen LogP contribution < -0.4 is 9.47 Å². The molecule has 3 aromatic rings. The molecule has 0 bridgehead atoms. The highest BCUT2D eigenvalue weighted by Crippen LogP contribution is 2.28. The molecule has 0 N–H and O–H groups in total. The van der Waals surface area contributed by atoms with Gasteiger partial charge in [0.25, 0.3) is 0 Å². The molecule has 1 unspecified atom stereocenters. The Balaban J connectivity index is 1.91. The zero-order valence-electron chi connectivity index (χ0n) is 15.7. The molecule has 8 heteroatoms. The van der Waals surface area contributed by atoms with E-state index in [0.717, 1.165) is 17.0 Å². The van der Waals surface area contributed by atoms with Gasteiger partial charge in [0.05, 0.1) is 24.1 Å². The second-order valence-electron chi connectivity index (χ2n) is 6.02. The molecule has 144 valence electrons. The fraction of sp³-hybridized carbons (Fsp3) is 0.250. The third-order valence-corrected chi connectivity index (χ3v) is 5.35. The lowest BCUT2D eigenvalue weighted by atomic mass is 10.2. The first kappa shape index (κ1) is 20.1. The lowest BCUT2D eigenvalue weighted by Gasteiger charge is -2.13. The van der Waals surface area contributed by atoms with Crippen molar-refractivity contribution < 1.29 is 9.47 Å². The molecule has 3 rings (SSSR count). The van der Waals surface area contributed by atoms with Crippen molar-refractivity contribution in [2.75, 3.05) is 7.11 Å². The van der Waals surface area contributed by atoms with Crippen LogP contribution in [0.3, 0.4) is 0 Å². The Hall–Kier alpha value is -2.69. The third-order valence-electron chi connectivity index (χ3n) is 4.01. The number of rotatable bonds is 7. The number of nitrogens with zero attached hydrogens (tertiary/aromatic N) is 4. The maximum absolute atomic E-state index is 9.16. The molecular formula is C20H19ClN4O2S. The van der Waals surface area contributed by atoms with E-state index in [0.29, 0.717) is 21.8 Å². The molecule has 1 atom stereocenters. The van der Waals surface area contributed by atoms with Crippen LogP contribution in [0.15, 0.2) is 47.6 Å². The molecule has 0 saturated heterocycles. The van der Waals surface area contributed by atoms with E-state index in [1.54, 1.807) is 7.11 Å². The maximum atomic E-state index is 9.16. The van der Waals surface area contributed by atoms with Gasteiger partial charge in [-0.3, -0.25) is 4.57 Å². The van der Waals surface area contributed by atoms with E-state index in [1.165, 1.54) is 11.8 Å². The smallest absolute Gasteiger partial charge is 0.197 e. The number of thioether (sulfide) groups is 1. The summed E-state index contributed by atoms with van der Waals surface area (Å²) in [5.41, 5.74) is 1.80. The molecule has 2 aromatic carbocycles. The molecule has 28 heavy (non-hydrogen) atoms. The zero-order chi connectivity index (χ0) is 20.1. The van der Waals surface area contributed by atoms with E-state index >= 15 is 0 Å². The quantitative estimate of drug-likeness (QED) is 0.516. The van der Waals surface area contributed by atoms with Crippen molar-refractivity contribution in [1.29, 1.82) is 5.26 Å². The van der Waals surface area contributed by atoms with Crippen molar-refractivity contribution in [1.82, 2.24) is 14.8 Å². The van der Waals surface area contributed by atoms with Crippen molar-refractivity contribution in [3.63, 3.8) is 0 Å². The summed E-state index contributed by atoms with van der Waals surface area (Å²) in [6.45, 7) is 3.98. The highest BCUT2D eigenvalue weighted by atomic mass is 35.5. The number of halogens is 1. The highest BCUT2D eigenvalue weighted by Gasteiger charge is 2.18. The number of aromatic nitrogens is 3. The predicted molar refractivity (Wildman–Crippen MR) is 109 cm³/mol. The Morgan fingerprint density at radius 1 is 1.18 bits per heavy atom. The van der Waals surface area contributed by atoms with Crippen LogP contribution in [0.4, 0.5) is 0 Å². The lowest BCUT2D eigenvalue weighted by molar-refractivity contribution is 0.292. The van der Waals surface area contributed by atoms with E-state index in [-0.39, 0.29) is 11.9 Å². The molecule has 0 radical (unpaired) electrons. The zero-order valence-corrected chi connectivity index (χ0v) is 17.3. The second kappa shape index (κ2) is 9.00. The predicted octanol–water partition coefficient (Wildman–Crippen LogP) is 4.82. The fourth-order valence-electron chi connectivity index (χ4n) is 2.45. The molecule has 0 amide bonds. The van der Waals surface area contributed by atoms with Gasteiger partial charge in [-0.1, -0.05) is 29.4 Å². The average Bonchev–Trinajstić information content (AvgIpc) is 3.11.